The van der Waals surface area contributed by atoms with Crippen LogP contribution in [0.15, 0.2) is 42.5 Å². The lowest BCUT2D eigenvalue weighted by atomic mass is 10.1. The molecule has 0 bridgehead atoms. The van der Waals surface area contributed by atoms with Crippen LogP contribution in [-0.2, 0) is 14.8 Å². The molecule has 1 unspecified atom stereocenters. The van der Waals surface area contributed by atoms with E-state index >= 15 is 0 Å². The summed E-state index contributed by atoms with van der Waals surface area (Å²) >= 11 is 0. The lowest BCUT2D eigenvalue weighted by Crippen LogP contribution is -2.47. The van der Waals surface area contributed by atoms with Crippen molar-refractivity contribution in [3.63, 3.8) is 0 Å². The summed E-state index contributed by atoms with van der Waals surface area (Å²) in [6.07, 6.45) is 0.197. The zero-order valence-corrected chi connectivity index (χ0v) is 17.2. The highest BCUT2D eigenvalue weighted by atomic mass is 32.2. The Morgan fingerprint density at radius 1 is 1.07 bits per heavy atom. The monoisotopic (exact) mass is 404 g/mol. The first kappa shape index (κ1) is 20.0. The smallest absolute Gasteiger partial charge is 0.249 e. The summed E-state index contributed by atoms with van der Waals surface area (Å²) in [7, 11) is -0.781. The molecule has 0 aromatic heterocycles. The number of ether oxygens (including phenoxy) is 2. The summed E-state index contributed by atoms with van der Waals surface area (Å²) in [5.41, 5.74) is 1.86. The molecule has 0 spiro atoms. The SMILES string of the molecule is COc1ccc(N2CCC(C)(C(=O)Nc3ccc(OC)cc3C)S2(=O)=O)cc1. The minimum absolute atomic E-state index is 0.197. The number of aryl methyl sites for hydroxylation is 1. The van der Waals surface area contributed by atoms with Gasteiger partial charge in [-0.25, -0.2) is 8.42 Å². The zero-order valence-electron chi connectivity index (χ0n) is 16.4. The van der Waals surface area contributed by atoms with Gasteiger partial charge in [0.2, 0.25) is 15.9 Å². The van der Waals surface area contributed by atoms with Gasteiger partial charge in [0.05, 0.1) is 19.9 Å². The fraction of sp³-hybridized carbons (Fsp3) is 0.350. The van der Waals surface area contributed by atoms with E-state index in [2.05, 4.69) is 5.32 Å². The predicted molar refractivity (Wildman–Crippen MR) is 109 cm³/mol. The van der Waals surface area contributed by atoms with E-state index in [0.717, 1.165) is 5.56 Å². The third-order valence-electron chi connectivity index (χ3n) is 5.17. The highest BCUT2D eigenvalue weighted by Gasteiger charge is 2.54. The maximum atomic E-state index is 13.2. The van der Waals surface area contributed by atoms with Crippen molar-refractivity contribution in [2.24, 2.45) is 0 Å². The molecule has 1 N–H and O–H groups in total. The number of sulfonamides is 1. The topological polar surface area (TPSA) is 84.9 Å². The summed E-state index contributed by atoms with van der Waals surface area (Å²) in [6.45, 7) is 3.54. The van der Waals surface area contributed by atoms with Crippen LogP contribution in [0.1, 0.15) is 18.9 Å². The summed E-state index contributed by atoms with van der Waals surface area (Å²) in [6, 6.07) is 11.9. The van der Waals surface area contributed by atoms with Gasteiger partial charge in [0.15, 0.2) is 4.75 Å². The third kappa shape index (κ3) is 3.28. The summed E-state index contributed by atoms with van der Waals surface area (Å²) in [4.78, 5) is 13.0. The number of rotatable bonds is 5. The molecule has 2 aromatic carbocycles. The highest BCUT2D eigenvalue weighted by molar-refractivity contribution is 7.95. The summed E-state index contributed by atoms with van der Waals surface area (Å²) in [5, 5.41) is 2.77. The van der Waals surface area contributed by atoms with E-state index in [1.165, 1.54) is 11.2 Å². The van der Waals surface area contributed by atoms with Gasteiger partial charge in [0.1, 0.15) is 11.5 Å². The first-order valence-electron chi connectivity index (χ1n) is 8.85. The van der Waals surface area contributed by atoms with Crippen LogP contribution in [0.5, 0.6) is 11.5 Å². The van der Waals surface area contributed by atoms with Gasteiger partial charge in [-0.05, 0) is 68.3 Å². The maximum absolute atomic E-state index is 13.2. The maximum Gasteiger partial charge on any atom is 0.249 e. The number of carbonyl (C=O) groups excluding carboxylic acids is 1. The van der Waals surface area contributed by atoms with Crippen LogP contribution in [0, 0.1) is 6.92 Å². The second-order valence-corrected chi connectivity index (χ2v) is 9.18. The first-order valence-corrected chi connectivity index (χ1v) is 10.3. The number of amides is 1. The van der Waals surface area contributed by atoms with Crippen LogP contribution in [0.4, 0.5) is 11.4 Å². The third-order valence-corrected chi connectivity index (χ3v) is 7.68. The second-order valence-electron chi connectivity index (χ2n) is 6.89. The fourth-order valence-corrected chi connectivity index (χ4v) is 5.06. The van der Waals surface area contributed by atoms with Gasteiger partial charge in [-0.2, -0.15) is 0 Å². The van der Waals surface area contributed by atoms with Crippen molar-refractivity contribution in [1.29, 1.82) is 0 Å². The van der Waals surface area contributed by atoms with Crippen LogP contribution in [0.25, 0.3) is 0 Å². The van der Waals surface area contributed by atoms with Gasteiger partial charge in [0.25, 0.3) is 0 Å². The molecular formula is C20H24N2O5S. The van der Waals surface area contributed by atoms with Crippen molar-refractivity contribution < 1.29 is 22.7 Å². The predicted octanol–water partition coefficient (Wildman–Crippen LogP) is 2.95. The molecule has 28 heavy (non-hydrogen) atoms. The summed E-state index contributed by atoms with van der Waals surface area (Å²) < 4.78 is 36.4. The van der Waals surface area contributed by atoms with Crippen LogP contribution in [0.2, 0.25) is 0 Å². The molecule has 0 aliphatic carbocycles. The largest absolute Gasteiger partial charge is 0.497 e. The molecule has 1 aliphatic heterocycles. The van der Waals surface area contributed by atoms with Crippen molar-refractivity contribution in [2.45, 2.75) is 25.0 Å². The number of methoxy groups -OCH3 is 2. The zero-order chi connectivity index (χ0) is 20.5. The normalized spacial score (nSPS) is 20.6. The average molecular weight is 404 g/mol. The van der Waals surface area contributed by atoms with Crippen LogP contribution < -0.4 is 19.1 Å². The van der Waals surface area contributed by atoms with Crippen molar-refractivity contribution in [2.75, 3.05) is 30.4 Å². The van der Waals surface area contributed by atoms with Crippen molar-refractivity contribution in [3.05, 3.63) is 48.0 Å². The Morgan fingerprint density at radius 2 is 1.68 bits per heavy atom. The molecule has 0 radical (unpaired) electrons. The Balaban J connectivity index is 1.86. The Morgan fingerprint density at radius 3 is 2.25 bits per heavy atom. The first-order chi connectivity index (χ1) is 13.2. The minimum atomic E-state index is -3.89. The second kappa shape index (κ2) is 7.35. The number of nitrogens with zero attached hydrogens (tertiary/aromatic N) is 1. The highest BCUT2D eigenvalue weighted by Crippen LogP contribution is 2.38. The van der Waals surface area contributed by atoms with Gasteiger partial charge < -0.3 is 14.8 Å². The molecule has 1 saturated heterocycles. The van der Waals surface area contributed by atoms with Crippen LogP contribution in [-0.4, -0.2) is 39.8 Å². The Labute approximate surface area is 165 Å². The fourth-order valence-electron chi connectivity index (χ4n) is 3.21. The van der Waals surface area contributed by atoms with Gasteiger partial charge in [0, 0.05) is 12.2 Å². The molecular weight excluding hydrogens is 380 g/mol. The van der Waals surface area contributed by atoms with Crippen molar-refractivity contribution in [1.82, 2.24) is 0 Å². The lowest BCUT2D eigenvalue weighted by molar-refractivity contribution is -0.118. The Hall–Kier alpha value is -2.74. The minimum Gasteiger partial charge on any atom is -0.497 e. The van der Waals surface area contributed by atoms with E-state index in [1.807, 2.05) is 6.92 Å². The quantitative estimate of drug-likeness (QED) is 0.828. The van der Waals surface area contributed by atoms with E-state index in [4.69, 9.17) is 9.47 Å². The van der Waals surface area contributed by atoms with Gasteiger partial charge >= 0.3 is 0 Å². The summed E-state index contributed by atoms with van der Waals surface area (Å²) in [5.74, 6) is 0.758. The molecule has 1 fully saturated rings. The van der Waals surface area contributed by atoms with Gasteiger partial charge in [-0.1, -0.05) is 0 Å². The Bertz CT molecular complexity index is 988. The molecule has 1 heterocycles. The molecule has 7 nitrogen and oxygen atoms in total. The number of hydrogen-bond donors (Lipinski definition) is 1. The van der Waals surface area contributed by atoms with E-state index in [1.54, 1.807) is 56.7 Å². The van der Waals surface area contributed by atoms with E-state index in [9.17, 15) is 13.2 Å². The number of carbonyl (C=O) groups is 1. The van der Waals surface area contributed by atoms with E-state index in [0.29, 0.717) is 22.9 Å². The van der Waals surface area contributed by atoms with E-state index in [-0.39, 0.29) is 13.0 Å². The van der Waals surface area contributed by atoms with Crippen molar-refractivity contribution in [3.8, 4) is 11.5 Å². The van der Waals surface area contributed by atoms with Crippen LogP contribution in [0.3, 0.4) is 0 Å². The number of anilines is 2. The molecule has 3 rings (SSSR count). The lowest BCUT2D eigenvalue weighted by Gasteiger charge is -2.25. The number of hydrogen-bond acceptors (Lipinski definition) is 5. The molecule has 1 atom stereocenters. The Kier molecular flexibility index (Phi) is 5.25. The average Bonchev–Trinajstić information content (AvgIpc) is 2.93. The number of benzene rings is 2. The molecule has 8 heteroatoms. The molecule has 0 saturated carbocycles. The van der Waals surface area contributed by atoms with E-state index < -0.39 is 20.7 Å². The molecule has 2 aromatic rings. The van der Waals surface area contributed by atoms with Gasteiger partial charge in [-0.3, -0.25) is 9.10 Å². The van der Waals surface area contributed by atoms with Crippen molar-refractivity contribution >= 4 is 27.3 Å². The number of nitrogens with one attached hydrogen (secondary N) is 1. The molecule has 1 amide bonds. The molecule has 1 aliphatic rings. The standard InChI is InChI=1S/C20H24N2O5S/c1-14-13-17(27-4)9-10-18(14)21-19(23)20(2)11-12-22(28(20,24)25)15-5-7-16(26-3)8-6-15/h5-10,13H,11-12H2,1-4H3,(H,21,23). The van der Waals surface area contributed by atoms with Gasteiger partial charge in [-0.15, -0.1) is 0 Å². The van der Waals surface area contributed by atoms with Crippen LogP contribution >= 0.6 is 0 Å². The molecule has 150 valence electrons.